The third-order valence-electron chi connectivity index (χ3n) is 4.56. The number of hydrogen-bond donors (Lipinski definition) is 2. The number of morpholine rings is 1. The summed E-state index contributed by atoms with van der Waals surface area (Å²) in [5.41, 5.74) is 1.09. The van der Waals surface area contributed by atoms with Crippen LogP contribution in [-0.4, -0.2) is 37.2 Å². The van der Waals surface area contributed by atoms with E-state index in [-0.39, 0.29) is 29.5 Å². The first-order valence-corrected chi connectivity index (χ1v) is 7.64. The molecule has 1 aromatic carbocycles. The first kappa shape index (κ1) is 16.0. The summed E-state index contributed by atoms with van der Waals surface area (Å²) in [4.78, 5) is 12.4. The van der Waals surface area contributed by atoms with Crippen molar-refractivity contribution in [2.24, 2.45) is 0 Å². The van der Waals surface area contributed by atoms with Gasteiger partial charge >= 0.3 is 0 Å². The van der Waals surface area contributed by atoms with Crippen LogP contribution in [0.2, 0.25) is 0 Å². The van der Waals surface area contributed by atoms with Crippen LogP contribution >= 0.6 is 0 Å². The zero-order chi connectivity index (χ0) is 15.5. The van der Waals surface area contributed by atoms with Crippen molar-refractivity contribution in [3.8, 4) is 0 Å². The molecule has 0 bridgehead atoms. The van der Waals surface area contributed by atoms with E-state index >= 15 is 0 Å². The molecule has 2 N–H and O–H groups in total. The van der Waals surface area contributed by atoms with Gasteiger partial charge in [0.15, 0.2) is 0 Å². The lowest BCUT2D eigenvalue weighted by Crippen LogP contribution is -2.58. The maximum Gasteiger partial charge on any atom is 0.240 e. The highest BCUT2D eigenvalue weighted by Gasteiger charge is 2.33. The van der Waals surface area contributed by atoms with Crippen LogP contribution in [0.25, 0.3) is 0 Å². The Morgan fingerprint density at radius 3 is 2.67 bits per heavy atom. The predicted octanol–water partition coefficient (Wildman–Crippen LogP) is 1.85. The SMILES string of the molecule is CC(NC(=O)[C@H]1NCCO[C@@H]1C)C(C)(C)c1ccccc1. The number of carbonyl (C=O) groups is 1. The molecule has 1 fully saturated rings. The van der Waals surface area contributed by atoms with Crippen molar-refractivity contribution >= 4 is 5.91 Å². The van der Waals surface area contributed by atoms with Gasteiger partial charge in [-0.2, -0.15) is 0 Å². The summed E-state index contributed by atoms with van der Waals surface area (Å²) in [5.74, 6) is 0.0127. The van der Waals surface area contributed by atoms with E-state index in [9.17, 15) is 4.79 Å². The molecule has 4 heteroatoms. The molecule has 1 aliphatic rings. The summed E-state index contributed by atoms with van der Waals surface area (Å²) < 4.78 is 5.54. The molecule has 0 spiro atoms. The molecule has 116 valence electrons. The Morgan fingerprint density at radius 2 is 2.05 bits per heavy atom. The highest BCUT2D eigenvalue weighted by molar-refractivity contribution is 5.83. The van der Waals surface area contributed by atoms with E-state index in [0.29, 0.717) is 6.61 Å². The Labute approximate surface area is 127 Å². The molecule has 2 rings (SSSR count). The monoisotopic (exact) mass is 290 g/mol. The second-order valence-corrected chi connectivity index (χ2v) is 6.33. The lowest BCUT2D eigenvalue weighted by Gasteiger charge is -2.36. The number of rotatable bonds is 4. The number of nitrogens with one attached hydrogen (secondary N) is 2. The number of amides is 1. The van der Waals surface area contributed by atoms with Gasteiger partial charge in [0.05, 0.1) is 12.7 Å². The van der Waals surface area contributed by atoms with Crippen molar-refractivity contribution in [2.45, 2.75) is 51.3 Å². The van der Waals surface area contributed by atoms with E-state index in [1.807, 2.05) is 25.1 Å². The van der Waals surface area contributed by atoms with Crippen LogP contribution < -0.4 is 10.6 Å². The summed E-state index contributed by atoms with van der Waals surface area (Å²) in [7, 11) is 0. The van der Waals surface area contributed by atoms with Crippen molar-refractivity contribution in [1.29, 1.82) is 0 Å². The average Bonchev–Trinajstić information content (AvgIpc) is 2.48. The molecular weight excluding hydrogens is 264 g/mol. The maximum absolute atomic E-state index is 12.4. The first-order valence-electron chi connectivity index (χ1n) is 7.64. The van der Waals surface area contributed by atoms with Crippen molar-refractivity contribution < 1.29 is 9.53 Å². The van der Waals surface area contributed by atoms with Crippen LogP contribution in [0.1, 0.15) is 33.3 Å². The zero-order valence-corrected chi connectivity index (χ0v) is 13.3. The standard InChI is InChI=1S/C17H26N2O2/c1-12-15(18-10-11-21-12)16(20)19-13(2)17(3,4)14-8-6-5-7-9-14/h5-9,12-13,15,18H,10-11H2,1-4H3,(H,19,20)/t12-,13?,15+/m1/s1. The molecule has 0 aliphatic carbocycles. The fourth-order valence-electron chi connectivity index (χ4n) is 2.63. The molecule has 0 radical (unpaired) electrons. The fourth-order valence-corrected chi connectivity index (χ4v) is 2.63. The molecule has 1 saturated heterocycles. The molecule has 3 atom stereocenters. The van der Waals surface area contributed by atoms with Gasteiger partial charge < -0.3 is 15.4 Å². The number of ether oxygens (including phenoxy) is 1. The minimum atomic E-state index is -0.271. The predicted molar refractivity (Wildman–Crippen MR) is 84.3 cm³/mol. The molecule has 1 aliphatic heterocycles. The summed E-state index contributed by atoms with van der Waals surface area (Å²) in [6, 6.07) is 10.0. The van der Waals surface area contributed by atoms with E-state index in [1.54, 1.807) is 0 Å². The molecule has 0 saturated carbocycles. The van der Waals surface area contributed by atoms with Crippen molar-refractivity contribution in [3.63, 3.8) is 0 Å². The second-order valence-electron chi connectivity index (χ2n) is 6.33. The highest BCUT2D eigenvalue weighted by atomic mass is 16.5. The van der Waals surface area contributed by atoms with Gasteiger partial charge in [-0.05, 0) is 19.4 Å². The third kappa shape index (κ3) is 3.63. The average molecular weight is 290 g/mol. The number of carbonyl (C=O) groups excluding carboxylic acids is 1. The van der Waals surface area contributed by atoms with Crippen LogP contribution in [0.15, 0.2) is 30.3 Å². The molecular formula is C17H26N2O2. The van der Waals surface area contributed by atoms with Crippen LogP contribution in [0.3, 0.4) is 0 Å². The summed E-state index contributed by atoms with van der Waals surface area (Å²) in [6.45, 7) is 9.68. The van der Waals surface area contributed by atoms with Gasteiger partial charge in [0.25, 0.3) is 0 Å². The van der Waals surface area contributed by atoms with Crippen molar-refractivity contribution in [2.75, 3.05) is 13.2 Å². The largest absolute Gasteiger partial charge is 0.375 e. The van der Waals surface area contributed by atoms with E-state index in [2.05, 4.69) is 43.5 Å². The van der Waals surface area contributed by atoms with E-state index < -0.39 is 0 Å². The summed E-state index contributed by atoms with van der Waals surface area (Å²) in [5, 5.41) is 6.37. The van der Waals surface area contributed by atoms with Crippen LogP contribution in [0.4, 0.5) is 0 Å². The Balaban J connectivity index is 2.03. The first-order chi connectivity index (χ1) is 9.93. The van der Waals surface area contributed by atoms with Gasteiger partial charge in [0.1, 0.15) is 6.04 Å². The van der Waals surface area contributed by atoms with Crippen molar-refractivity contribution in [3.05, 3.63) is 35.9 Å². The van der Waals surface area contributed by atoms with Crippen molar-refractivity contribution in [1.82, 2.24) is 10.6 Å². The maximum atomic E-state index is 12.4. The van der Waals surface area contributed by atoms with Crippen LogP contribution in [-0.2, 0) is 14.9 Å². The van der Waals surface area contributed by atoms with Gasteiger partial charge in [-0.15, -0.1) is 0 Å². The minimum Gasteiger partial charge on any atom is -0.375 e. The van der Waals surface area contributed by atoms with Gasteiger partial charge in [0.2, 0.25) is 5.91 Å². The normalized spacial score (nSPS) is 24.4. The van der Waals surface area contributed by atoms with E-state index in [1.165, 1.54) is 5.56 Å². The Morgan fingerprint density at radius 1 is 1.38 bits per heavy atom. The van der Waals surface area contributed by atoms with Crippen LogP contribution in [0.5, 0.6) is 0 Å². The fraction of sp³-hybridized carbons (Fsp3) is 0.588. The molecule has 4 nitrogen and oxygen atoms in total. The summed E-state index contributed by atoms with van der Waals surface area (Å²) >= 11 is 0. The Kier molecular flexibility index (Phi) is 5.01. The van der Waals surface area contributed by atoms with E-state index in [4.69, 9.17) is 4.74 Å². The summed E-state index contributed by atoms with van der Waals surface area (Å²) in [6.07, 6.45) is -0.0919. The van der Waals surface area contributed by atoms with Gasteiger partial charge in [-0.3, -0.25) is 4.79 Å². The van der Waals surface area contributed by atoms with E-state index in [0.717, 1.165) is 6.54 Å². The molecule has 1 aromatic rings. The second kappa shape index (κ2) is 6.58. The van der Waals surface area contributed by atoms with Gasteiger partial charge in [-0.25, -0.2) is 0 Å². The number of benzene rings is 1. The quantitative estimate of drug-likeness (QED) is 0.890. The third-order valence-corrected chi connectivity index (χ3v) is 4.56. The lowest BCUT2D eigenvalue weighted by molar-refractivity contribution is -0.130. The Bertz CT molecular complexity index is 473. The molecule has 1 heterocycles. The smallest absolute Gasteiger partial charge is 0.240 e. The molecule has 0 aromatic heterocycles. The highest BCUT2D eigenvalue weighted by Crippen LogP contribution is 2.26. The van der Waals surface area contributed by atoms with Gasteiger partial charge in [-0.1, -0.05) is 44.2 Å². The van der Waals surface area contributed by atoms with Gasteiger partial charge in [0, 0.05) is 18.0 Å². The lowest BCUT2D eigenvalue weighted by atomic mass is 9.78. The molecule has 21 heavy (non-hydrogen) atoms. The molecule has 1 amide bonds. The Hall–Kier alpha value is -1.39. The minimum absolute atomic E-state index is 0.0127. The molecule has 1 unspecified atom stereocenters. The number of hydrogen-bond acceptors (Lipinski definition) is 3. The van der Waals surface area contributed by atoms with Crippen LogP contribution in [0, 0.1) is 0 Å². The zero-order valence-electron chi connectivity index (χ0n) is 13.3. The topological polar surface area (TPSA) is 50.4 Å².